The molecular formula is C42H45F2N7O3. The van der Waals surface area contributed by atoms with Crippen molar-refractivity contribution in [2.75, 3.05) is 44.7 Å². The van der Waals surface area contributed by atoms with Crippen LogP contribution in [0, 0.1) is 40.7 Å². The Morgan fingerprint density at radius 3 is 2.57 bits per heavy atom. The molecule has 1 N–H and O–H groups in total. The van der Waals surface area contributed by atoms with E-state index in [4.69, 9.17) is 16.1 Å². The maximum absolute atomic E-state index is 17.4. The minimum Gasteiger partial charge on any atom is -0.461 e. The number of ether oxygens (including phenoxy) is 1. The molecule has 0 radical (unpaired) electrons. The molecule has 0 aliphatic carbocycles. The number of rotatable bonds is 8. The molecule has 2 atom stereocenters. The number of anilines is 1. The highest BCUT2D eigenvalue weighted by Crippen LogP contribution is 2.42. The summed E-state index contributed by atoms with van der Waals surface area (Å²) < 4.78 is 39.0. The Bertz CT molecular complexity index is 2250. The van der Waals surface area contributed by atoms with E-state index in [0.717, 1.165) is 38.8 Å². The first kappa shape index (κ1) is 37.2. The van der Waals surface area contributed by atoms with E-state index >= 15 is 8.78 Å². The largest absolute Gasteiger partial charge is 0.461 e. The third-order valence-corrected chi connectivity index (χ3v) is 11.9. The zero-order chi connectivity index (χ0) is 38.6. The highest BCUT2D eigenvalue weighted by atomic mass is 19.1. The number of pyridine rings is 1. The van der Waals surface area contributed by atoms with Crippen molar-refractivity contribution >= 4 is 33.4 Å². The number of hydrogen-bond acceptors (Lipinski definition) is 9. The Kier molecular flexibility index (Phi) is 9.57. The Balaban J connectivity index is 1.43. The van der Waals surface area contributed by atoms with Gasteiger partial charge in [-0.25, -0.2) is 8.78 Å². The summed E-state index contributed by atoms with van der Waals surface area (Å²) in [6, 6.07) is 7.98. The first-order chi connectivity index (χ1) is 25.7. The van der Waals surface area contributed by atoms with Gasteiger partial charge in [0.15, 0.2) is 5.82 Å². The van der Waals surface area contributed by atoms with Crippen molar-refractivity contribution in [3.63, 3.8) is 0 Å². The number of carbonyl (C=O) groups is 1. The highest BCUT2D eigenvalue weighted by Gasteiger charge is 2.45. The van der Waals surface area contributed by atoms with Crippen LogP contribution in [0.4, 0.5) is 14.6 Å². The smallest absolute Gasteiger partial charge is 0.319 e. The number of carbonyl (C=O) groups excluding carboxylic acids is 1. The fraction of sp³-hybridized carbons (Fsp3) is 0.452. The molecule has 3 aliphatic heterocycles. The summed E-state index contributed by atoms with van der Waals surface area (Å²) in [5.74, 6) is 1.03. The van der Waals surface area contributed by atoms with Crippen molar-refractivity contribution in [1.29, 1.82) is 5.26 Å². The predicted molar refractivity (Wildman–Crippen MR) is 204 cm³/mol. The van der Waals surface area contributed by atoms with Crippen molar-refractivity contribution in [3.05, 3.63) is 65.9 Å². The number of amides is 1. The van der Waals surface area contributed by atoms with Crippen LogP contribution >= 0.6 is 0 Å². The maximum atomic E-state index is 17.4. The predicted octanol–water partition coefficient (Wildman–Crippen LogP) is 6.48. The van der Waals surface area contributed by atoms with Crippen molar-refractivity contribution in [1.82, 2.24) is 24.8 Å². The van der Waals surface area contributed by atoms with E-state index in [0.29, 0.717) is 48.1 Å². The maximum Gasteiger partial charge on any atom is 0.319 e. The number of aromatic nitrogens is 3. The van der Waals surface area contributed by atoms with E-state index in [1.165, 1.54) is 23.2 Å². The van der Waals surface area contributed by atoms with Crippen LogP contribution in [0.1, 0.15) is 70.4 Å². The topological polar surface area (TPSA) is 119 Å². The normalized spacial score (nSPS) is 21.4. The number of likely N-dealkylation sites (N-methyl/N-ethyl adjacent to an activating group) is 1. The molecule has 7 rings (SSSR count). The standard InChI is InChI=1S/C42H45F2N7O3/c1-7-28-31(43)13-12-26-20-27(40(3,4)53)21-29(34(26)28)36-35(44)37-30(22-46-36)38(48-39(47-37)54-25-42-15-10-18-51(42)19-11-16-42)50-17-9-14-41(5,24-45)32(23-50)49(6)33(52)8-2/h1,8,12-13,20-22,32,53H,2,9-11,14-19,23,25H2,3-6H3. The monoisotopic (exact) mass is 733 g/mol. The van der Waals surface area contributed by atoms with E-state index in [2.05, 4.69) is 33.4 Å². The number of aliphatic hydroxyl groups is 1. The Morgan fingerprint density at radius 2 is 1.91 bits per heavy atom. The lowest BCUT2D eigenvalue weighted by molar-refractivity contribution is -0.128. The molecule has 10 nitrogen and oxygen atoms in total. The average molecular weight is 734 g/mol. The molecule has 4 aromatic rings. The second-order valence-corrected chi connectivity index (χ2v) is 15.7. The molecular weight excluding hydrogens is 689 g/mol. The summed E-state index contributed by atoms with van der Waals surface area (Å²) in [4.78, 5) is 33.1. The van der Waals surface area contributed by atoms with Crippen LogP contribution in [-0.4, -0.2) is 87.2 Å². The first-order valence-electron chi connectivity index (χ1n) is 18.5. The number of fused-ring (bicyclic) bond motifs is 3. The highest BCUT2D eigenvalue weighted by molar-refractivity contribution is 6.02. The summed E-state index contributed by atoms with van der Waals surface area (Å²) >= 11 is 0. The lowest BCUT2D eigenvalue weighted by Gasteiger charge is -2.38. The van der Waals surface area contributed by atoms with Crippen LogP contribution in [0.5, 0.6) is 6.01 Å². The number of nitrogens with zero attached hydrogens (tertiary/aromatic N) is 7. The van der Waals surface area contributed by atoms with Gasteiger partial charge in [0.05, 0.1) is 39.6 Å². The van der Waals surface area contributed by atoms with E-state index in [9.17, 15) is 15.2 Å². The molecule has 0 spiro atoms. The van der Waals surface area contributed by atoms with Gasteiger partial charge in [-0.3, -0.25) is 14.7 Å². The molecule has 5 heterocycles. The third kappa shape index (κ3) is 6.31. The summed E-state index contributed by atoms with van der Waals surface area (Å²) in [5.41, 5.74) is -1.93. The molecule has 2 aromatic carbocycles. The van der Waals surface area contributed by atoms with Crippen LogP contribution in [0.2, 0.25) is 0 Å². The summed E-state index contributed by atoms with van der Waals surface area (Å²) in [7, 11) is 1.65. The van der Waals surface area contributed by atoms with Crippen LogP contribution < -0.4 is 9.64 Å². The van der Waals surface area contributed by atoms with Crippen LogP contribution in [0.25, 0.3) is 32.9 Å². The zero-order valence-corrected chi connectivity index (χ0v) is 31.3. The molecule has 3 fully saturated rings. The van der Waals surface area contributed by atoms with Gasteiger partial charge >= 0.3 is 6.01 Å². The fourth-order valence-corrected chi connectivity index (χ4v) is 8.77. The van der Waals surface area contributed by atoms with Crippen LogP contribution in [-0.2, 0) is 10.4 Å². The van der Waals surface area contributed by atoms with Gasteiger partial charge in [0.25, 0.3) is 0 Å². The number of hydrogen-bond donors (Lipinski definition) is 1. The average Bonchev–Trinajstić information content (AvgIpc) is 3.69. The van der Waals surface area contributed by atoms with Gasteiger partial charge in [0.1, 0.15) is 29.5 Å². The van der Waals surface area contributed by atoms with Gasteiger partial charge in [-0.15, -0.1) is 6.42 Å². The van der Waals surface area contributed by atoms with E-state index in [-0.39, 0.29) is 51.7 Å². The Labute approximate surface area is 314 Å². The van der Waals surface area contributed by atoms with Gasteiger partial charge in [-0.05, 0) is 108 Å². The SMILES string of the molecule is C#Cc1c(F)ccc2cc(C(C)(C)O)cc(-c3ncc4c(N5CCCC(C)(C#N)C(N(C)C(=O)C=C)C5)nc(OCC56CCCN5CCC6)nc4c3F)c12. The Hall–Kier alpha value is -5.17. The van der Waals surface area contributed by atoms with E-state index < -0.39 is 28.7 Å². The van der Waals surface area contributed by atoms with Crippen molar-refractivity contribution in [2.45, 2.75) is 76.5 Å². The van der Waals surface area contributed by atoms with Gasteiger partial charge in [-0.2, -0.15) is 15.2 Å². The number of nitriles is 1. The molecule has 54 heavy (non-hydrogen) atoms. The fourth-order valence-electron chi connectivity index (χ4n) is 8.77. The van der Waals surface area contributed by atoms with Crippen LogP contribution in [0.15, 0.2) is 43.1 Å². The van der Waals surface area contributed by atoms with Gasteiger partial charge < -0.3 is 19.6 Å². The summed E-state index contributed by atoms with van der Waals surface area (Å²) in [6.45, 7) is 11.7. The van der Waals surface area contributed by atoms with Gasteiger partial charge in [0, 0.05) is 37.3 Å². The van der Waals surface area contributed by atoms with Crippen LogP contribution in [0.3, 0.4) is 0 Å². The third-order valence-electron chi connectivity index (χ3n) is 11.9. The van der Waals surface area contributed by atoms with Crippen molar-refractivity contribution < 1.29 is 23.4 Å². The lowest BCUT2D eigenvalue weighted by Crippen LogP contribution is -2.51. The molecule has 3 saturated heterocycles. The molecule has 1 amide bonds. The molecule has 12 heteroatoms. The van der Waals surface area contributed by atoms with E-state index in [1.54, 1.807) is 39.1 Å². The van der Waals surface area contributed by atoms with Crippen molar-refractivity contribution in [2.24, 2.45) is 5.41 Å². The molecule has 3 aliphatic rings. The minimum atomic E-state index is -1.33. The summed E-state index contributed by atoms with van der Waals surface area (Å²) in [6.07, 6.45) is 13.7. The first-order valence-corrected chi connectivity index (χ1v) is 18.5. The van der Waals surface area contributed by atoms with Gasteiger partial charge in [-0.1, -0.05) is 18.6 Å². The second kappa shape index (κ2) is 13.9. The molecule has 0 saturated carbocycles. The minimum absolute atomic E-state index is 0.00787. The Morgan fingerprint density at radius 1 is 1.19 bits per heavy atom. The summed E-state index contributed by atoms with van der Waals surface area (Å²) in [5, 5.41) is 22.5. The number of benzene rings is 2. The molecule has 2 unspecified atom stereocenters. The quantitative estimate of drug-likeness (QED) is 0.160. The molecule has 0 bridgehead atoms. The molecule has 280 valence electrons. The number of terminal acetylenes is 1. The zero-order valence-electron chi connectivity index (χ0n) is 31.3. The van der Waals surface area contributed by atoms with Gasteiger partial charge in [0.2, 0.25) is 5.91 Å². The second-order valence-electron chi connectivity index (χ2n) is 15.7. The lowest BCUT2D eigenvalue weighted by atomic mass is 9.79. The number of halogens is 2. The molecule has 2 aromatic heterocycles. The van der Waals surface area contributed by atoms with E-state index in [1.807, 2.05) is 11.8 Å². The van der Waals surface area contributed by atoms with Crippen molar-refractivity contribution in [3.8, 4) is 35.7 Å².